The highest BCUT2D eigenvalue weighted by Gasteiger charge is 2.18. The quantitative estimate of drug-likeness (QED) is 0.442. The van der Waals surface area contributed by atoms with Gasteiger partial charge in [0.05, 0.1) is 17.0 Å². The van der Waals surface area contributed by atoms with Crippen LogP contribution in [0.3, 0.4) is 0 Å². The fourth-order valence-electron chi connectivity index (χ4n) is 3.15. The third-order valence-corrected chi connectivity index (χ3v) is 6.55. The largest absolute Gasteiger partial charge is 0.366 e. The van der Waals surface area contributed by atoms with Crippen LogP contribution in [0, 0.1) is 6.92 Å². The molecule has 0 bridgehead atoms. The van der Waals surface area contributed by atoms with Crippen LogP contribution < -0.4 is 11.1 Å². The summed E-state index contributed by atoms with van der Waals surface area (Å²) in [5, 5.41) is 5.81. The maximum atomic E-state index is 12.8. The monoisotopic (exact) mass is 433 g/mol. The number of nitrogens with one attached hydrogen (secondary N) is 1. The first-order valence-electron chi connectivity index (χ1n) is 9.30. The van der Waals surface area contributed by atoms with E-state index in [0.717, 1.165) is 31.6 Å². The van der Waals surface area contributed by atoms with Crippen LogP contribution in [-0.4, -0.2) is 16.8 Å². The van der Waals surface area contributed by atoms with E-state index in [-0.39, 0.29) is 12.3 Å². The van der Waals surface area contributed by atoms with Gasteiger partial charge in [0.1, 0.15) is 5.01 Å². The molecular weight excluding hydrogens is 414 g/mol. The second-order valence-electron chi connectivity index (χ2n) is 6.75. The van der Waals surface area contributed by atoms with Crippen molar-refractivity contribution in [1.82, 2.24) is 4.98 Å². The Morgan fingerprint density at radius 2 is 1.87 bits per heavy atom. The van der Waals surface area contributed by atoms with E-state index >= 15 is 0 Å². The van der Waals surface area contributed by atoms with Gasteiger partial charge in [-0.2, -0.15) is 0 Å². The van der Waals surface area contributed by atoms with E-state index in [1.54, 1.807) is 36.5 Å². The topological polar surface area (TPSA) is 85.1 Å². The normalized spacial score (nSPS) is 10.7. The first kappa shape index (κ1) is 20.0. The van der Waals surface area contributed by atoms with Crippen LogP contribution in [0.4, 0.5) is 5.69 Å². The predicted molar refractivity (Wildman–Crippen MR) is 123 cm³/mol. The Hall–Kier alpha value is -3.29. The summed E-state index contributed by atoms with van der Waals surface area (Å²) < 4.78 is 0. The molecule has 0 aliphatic rings. The zero-order chi connectivity index (χ0) is 21.1. The number of carbonyl (C=O) groups excluding carboxylic acids is 2. The molecule has 7 heteroatoms. The van der Waals surface area contributed by atoms with Gasteiger partial charge >= 0.3 is 0 Å². The lowest BCUT2D eigenvalue weighted by Crippen LogP contribution is -2.16. The van der Waals surface area contributed by atoms with Crippen molar-refractivity contribution in [2.24, 2.45) is 5.73 Å². The number of primary amides is 1. The molecule has 4 rings (SSSR count). The molecule has 2 amide bonds. The molecule has 5 nitrogen and oxygen atoms in total. The Bertz CT molecular complexity index is 1200. The summed E-state index contributed by atoms with van der Waals surface area (Å²) in [5.41, 5.74) is 9.04. The minimum absolute atomic E-state index is 0.137. The van der Waals surface area contributed by atoms with Crippen LogP contribution in [0.15, 0.2) is 66.0 Å². The summed E-state index contributed by atoms with van der Waals surface area (Å²) in [6.07, 6.45) is 0.217. The van der Waals surface area contributed by atoms with Gasteiger partial charge in [-0.1, -0.05) is 36.4 Å². The summed E-state index contributed by atoms with van der Waals surface area (Å²) in [6.45, 7) is 1.79. The van der Waals surface area contributed by atoms with E-state index in [0.29, 0.717) is 11.3 Å². The fourth-order valence-corrected chi connectivity index (χ4v) is 5.04. The molecule has 0 unspecified atom stereocenters. The lowest BCUT2D eigenvalue weighted by Gasteiger charge is -2.08. The Kier molecular flexibility index (Phi) is 5.74. The molecule has 3 N–H and O–H groups in total. The Labute approximate surface area is 182 Å². The summed E-state index contributed by atoms with van der Waals surface area (Å²) in [6, 6.07) is 19.0. The third-order valence-electron chi connectivity index (χ3n) is 4.57. The van der Waals surface area contributed by atoms with Crippen LogP contribution in [0.1, 0.15) is 20.8 Å². The van der Waals surface area contributed by atoms with E-state index in [1.807, 2.05) is 47.8 Å². The smallest absolute Gasteiger partial charge is 0.248 e. The number of rotatable bonds is 6. The lowest BCUT2D eigenvalue weighted by molar-refractivity contribution is -0.115. The van der Waals surface area contributed by atoms with Gasteiger partial charge in [-0.25, -0.2) is 4.98 Å². The summed E-state index contributed by atoms with van der Waals surface area (Å²) >= 11 is 3.14. The van der Waals surface area contributed by atoms with Crippen LogP contribution >= 0.6 is 22.7 Å². The maximum absolute atomic E-state index is 12.8. The third kappa shape index (κ3) is 4.32. The number of nitrogens with two attached hydrogens (primary N) is 1. The first-order valence-corrected chi connectivity index (χ1v) is 11.0. The first-order chi connectivity index (χ1) is 14.5. The van der Waals surface area contributed by atoms with E-state index in [9.17, 15) is 9.59 Å². The summed E-state index contributed by atoms with van der Waals surface area (Å²) in [5.74, 6) is -0.619. The highest BCUT2D eigenvalue weighted by atomic mass is 32.1. The second kappa shape index (κ2) is 8.61. The molecule has 0 atom stereocenters. The Morgan fingerprint density at radius 1 is 1.07 bits per heavy atom. The molecule has 0 saturated carbocycles. The minimum atomic E-state index is -0.482. The number of aromatic nitrogens is 1. The highest BCUT2D eigenvalue weighted by Crippen LogP contribution is 2.36. The van der Waals surface area contributed by atoms with Crippen molar-refractivity contribution >= 4 is 40.2 Å². The molecule has 2 heterocycles. The lowest BCUT2D eigenvalue weighted by atomic mass is 10.1. The summed E-state index contributed by atoms with van der Waals surface area (Å²) in [4.78, 5) is 30.9. The number of thiazole rings is 1. The number of carbonyl (C=O) groups is 2. The van der Waals surface area contributed by atoms with Crippen molar-refractivity contribution in [2.45, 2.75) is 13.3 Å². The number of thiophene rings is 1. The van der Waals surface area contributed by atoms with Crippen LogP contribution in [0.25, 0.3) is 21.1 Å². The molecule has 0 spiro atoms. The molecule has 0 saturated heterocycles. The van der Waals surface area contributed by atoms with E-state index in [1.165, 1.54) is 11.3 Å². The maximum Gasteiger partial charge on any atom is 0.248 e. The SMILES string of the molecule is Cc1cc(NC(=O)Cc2sc(-c3ccccc3)nc2-c2cccs2)ccc1C(N)=O. The van der Waals surface area contributed by atoms with Gasteiger partial charge in [-0.05, 0) is 42.1 Å². The number of hydrogen-bond acceptors (Lipinski definition) is 5. The fraction of sp³-hybridized carbons (Fsp3) is 0.0870. The number of benzene rings is 2. The standard InChI is InChI=1S/C23H19N3O2S2/c1-14-12-16(9-10-17(14)22(24)28)25-20(27)13-19-21(18-8-5-11-29-18)26-23(30-19)15-6-3-2-4-7-15/h2-12H,13H2,1H3,(H2,24,28)(H,25,27). The van der Waals surface area contributed by atoms with Crippen LogP contribution in [-0.2, 0) is 11.2 Å². The van der Waals surface area contributed by atoms with Gasteiger partial charge < -0.3 is 11.1 Å². The molecule has 0 radical (unpaired) electrons. The predicted octanol–water partition coefficient (Wildman–Crippen LogP) is 5.13. The molecule has 0 aliphatic heterocycles. The van der Waals surface area contributed by atoms with Gasteiger partial charge in [0.2, 0.25) is 11.8 Å². The summed E-state index contributed by atoms with van der Waals surface area (Å²) in [7, 11) is 0. The van der Waals surface area contributed by atoms with Crippen molar-refractivity contribution in [3.05, 3.63) is 82.0 Å². The van der Waals surface area contributed by atoms with Crippen molar-refractivity contribution in [3.8, 4) is 21.1 Å². The molecule has 2 aromatic carbocycles. The minimum Gasteiger partial charge on any atom is -0.366 e. The van der Waals surface area contributed by atoms with Gasteiger partial charge in [0.25, 0.3) is 0 Å². The van der Waals surface area contributed by atoms with Gasteiger partial charge in [0.15, 0.2) is 0 Å². The Balaban J connectivity index is 1.59. The molecular formula is C23H19N3O2S2. The van der Waals surface area contributed by atoms with Gasteiger partial charge in [0, 0.05) is 21.7 Å². The van der Waals surface area contributed by atoms with Crippen molar-refractivity contribution in [1.29, 1.82) is 0 Å². The van der Waals surface area contributed by atoms with Crippen molar-refractivity contribution < 1.29 is 9.59 Å². The zero-order valence-corrected chi connectivity index (χ0v) is 17.8. The van der Waals surface area contributed by atoms with Crippen molar-refractivity contribution in [2.75, 3.05) is 5.32 Å². The number of nitrogens with zero attached hydrogens (tertiary/aromatic N) is 1. The molecule has 30 heavy (non-hydrogen) atoms. The number of hydrogen-bond donors (Lipinski definition) is 2. The van der Waals surface area contributed by atoms with E-state index in [2.05, 4.69) is 5.32 Å². The van der Waals surface area contributed by atoms with Gasteiger partial charge in [-0.15, -0.1) is 22.7 Å². The number of amides is 2. The molecule has 0 fully saturated rings. The highest BCUT2D eigenvalue weighted by molar-refractivity contribution is 7.17. The zero-order valence-electron chi connectivity index (χ0n) is 16.2. The van der Waals surface area contributed by atoms with E-state index < -0.39 is 5.91 Å². The Morgan fingerprint density at radius 3 is 2.53 bits per heavy atom. The van der Waals surface area contributed by atoms with Crippen LogP contribution in [0.2, 0.25) is 0 Å². The number of aryl methyl sites for hydroxylation is 1. The van der Waals surface area contributed by atoms with Gasteiger partial charge in [-0.3, -0.25) is 9.59 Å². The molecule has 150 valence electrons. The average Bonchev–Trinajstić information content (AvgIpc) is 3.38. The molecule has 4 aromatic rings. The van der Waals surface area contributed by atoms with E-state index in [4.69, 9.17) is 10.7 Å². The number of anilines is 1. The second-order valence-corrected chi connectivity index (χ2v) is 8.78. The van der Waals surface area contributed by atoms with Crippen molar-refractivity contribution in [3.63, 3.8) is 0 Å². The average molecular weight is 434 g/mol. The molecule has 0 aliphatic carbocycles. The van der Waals surface area contributed by atoms with Crippen LogP contribution in [0.5, 0.6) is 0 Å². The molecule has 2 aromatic heterocycles.